The second-order valence-electron chi connectivity index (χ2n) is 7.63. The zero-order chi connectivity index (χ0) is 24.4. The number of hydrogen-bond acceptors (Lipinski definition) is 6. The number of carbonyl (C=O) groups is 2. The Hall–Kier alpha value is -2.88. The van der Waals surface area contributed by atoms with E-state index in [1.165, 1.54) is 28.1 Å². The highest BCUT2D eigenvalue weighted by Gasteiger charge is 2.37. The number of rotatable bonds is 6. The van der Waals surface area contributed by atoms with Crippen LogP contribution in [-0.2, 0) is 9.59 Å². The van der Waals surface area contributed by atoms with Gasteiger partial charge >= 0.3 is 0 Å². The van der Waals surface area contributed by atoms with Gasteiger partial charge in [-0.2, -0.15) is 0 Å². The number of thiazole rings is 1. The molecule has 1 aromatic heterocycles. The van der Waals surface area contributed by atoms with E-state index >= 15 is 0 Å². The number of halogens is 2. The van der Waals surface area contributed by atoms with Crippen molar-refractivity contribution in [1.29, 1.82) is 0 Å². The van der Waals surface area contributed by atoms with Gasteiger partial charge in [0.15, 0.2) is 5.13 Å². The molecule has 1 unspecified atom stereocenters. The molecule has 3 aromatic carbocycles. The number of aromatic nitrogens is 1. The molecule has 1 fully saturated rings. The number of para-hydroxylation sites is 1. The van der Waals surface area contributed by atoms with Crippen molar-refractivity contribution >= 4 is 79.5 Å². The first-order chi connectivity index (χ1) is 17.0. The van der Waals surface area contributed by atoms with Crippen LogP contribution in [0.3, 0.4) is 0 Å². The number of carbonyl (C=O) groups excluding carboxylic acids is 2. The van der Waals surface area contributed by atoms with Gasteiger partial charge in [0.25, 0.3) is 5.91 Å². The summed E-state index contributed by atoms with van der Waals surface area (Å²) in [5.41, 5.74) is 5.47. The maximum atomic E-state index is 13.3. The molecule has 0 spiro atoms. The van der Waals surface area contributed by atoms with Crippen LogP contribution in [0.1, 0.15) is 16.5 Å². The molecule has 2 amide bonds. The lowest BCUT2D eigenvalue weighted by Crippen LogP contribution is -2.44. The first kappa shape index (κ1) is 23.8. The number of nitrogens with one attached hydrogen (secondary N) is 2. The first-order valence-electron chi connectivity index (χ1n) is 10.6. The molecule has 5 rings (SSSR count). The average Bonchev–Trinajstić information content (AvgIpc) is 3.38. The minimum Gasteiger partial charge on any atom is -0.301 e. The van der Waals surface area contributed by atoms with Crippen LogP contribution < -0.4 is 10.7 Å². The van der Waals surface area contributed by atoms with Gasteiger partial charge in [0.2, 0.25) is 5.91 Å². The molecule has 35 heavy (non-hydrogen) atoms. The standard InChI is InChI=1S/C25H18Cl2N4O2S2/c26-17-7-3-5-15(11-17)12-21-23(33)31(24(34-21)16-6-4-8-18(27)13-16)28-14-22(32)30-25-29-19-9-1-2-10-20(19)35-25/h1-13,24,28H,14H2,(H,29,30,32)/b21-12-. The van der Waals surface area contributed by atoms with E-state index in [-0.39, 0.29) is 18.4 Å². The molecule has 0 radical (unpaired) electrons. The molecule has 0 bridgehead atoms. The SMILES string of the molecule is O=C(CNN1C(=O)/C(=C/c2cccc(Cl)c2)SC1c1cccc(Cl)c1)Nc1nc2ccccc2s1. The Morgan fingerprint density at radius 1 is 1.03 bits per heavy atom. The molecule has 2 N–H and O–H groups in total. The third-order valence-corrected chi connectivity index (χ3v) is 7.81. The minimum atomic E-state index is -0.401. The first-order valence-corrected chi connectivity index (χ1v) is 13.0. The molecule has 2 heterocycles. The highest BCUT2D eigenvalue weighted by Crippen LogP contribution is 2.45. The van der Waals surface area contributed by atoms with Gasteiger partial charge in [-0.3, -0.25) is 14.6 Å². The zero-order valence-corrected chi connectivity index (χ0v) is 21.2. The second-order valence-corrected chi connectivity index (χ2v) is 10.7. The Morgan fingerprint density at radius 3 is 2.57 bits per heavy atom. The van der Waals surface area contributed by atoms with Crippen molar-refractivity contribution < 1.29 is 9.59 Å². The minimum absolute atomic E-state index is 0.107. The molecule has 1 atom stereocenters. The lowest BCUT2D eigenvalue weighted by Gasteiger charge is -2.24. The van der Waals surface area contributed by atoms with Crippen LogP contribution >= 0.6 is 46.3 Å². The molecule has 0 aliphatic carbocycles. The van der Waals surface area contributed by atoms with Gasteiger partial charge in [-0.05, 0) is 53.6 Å². The molecule has 10 heteroatoms. The molecule has 6 nitrogen and oxygen atoms in total. The molecular formula is C25H18Cl2N4O2S2. The fraction of sp³-hybridized carbons (Fsp3) is 0.0800. The van der Waals surface area contributed by atoms with E-state index in [1.807, 2.05) is 54.6 Å². The monoisotopic (exact) mass is 540 g/mol. The Bertz CT molecular complexity index is 1420. The smallest absolute Gasteiger partial charge is 0.275 e. The predicted molar refractivity (Wildman–Crippen MR) is 144 cm³/mol. The van der Waals surface area contributed by atoms with Crippen molar-refractivity contribution in [2.24, 2.45) is 0 Å². The highest BCUT2D eigenvalue weighted by atomic mass is 35.5. The number of fused-ring (bicyclic) bond motifs is 1. The summed E-state index contributed by atoms with van der Waals surface area (Å²) in [5, 5.41) is 5.52. The second kappa shape index (κ2) is 10.4. The van der Waals surface area contributed by atoms with E-state index in [4.69, 9.17) is 23.2 Å². The topological polar surface area (TPSA) is 74.3 Å². The summed E-state index contributed by atoms with van der Waals surface area (Å²) in [5.74, 6) is -0.549. The zero-order valence-electron chi connectivity index (χ0n) is 18.1. The summed E-state index contributed by atoms with van der Waals surface area (Å²) in [6, 6.07) is 22.3. The fourth-order valence-electron chi connectivity index (χ4n) is 3.57. The predicted octanol–water partition coefficient (Wildman–Crippen LogP) is 6.36. The normalized spacial score (nSPS) is 16.9. The third-order valence-electron chi connectivity index (χ3n) is 5.13. The van der Waals surface area contributed by atoms with Gasteiger partial charge < -0.3 is 5.32 Å². The van der Waals surface area contributed by atoms with Gasteiger partial charge in [-0.25, -0.2) is 10.4 Å². The molecule has 176 valence electrons. The maximum Gasteiger partial charge on any atom is 0.275 e. The van der Waals surface area contributed by atoms with Crippen molar-refractivity contribution in [3.63, 3.8) is 0 Å². The maximum absolute atomic E-state index is 13.3. The summed E-state index contributed by atoms with van der Waals surface area (Å²) in [4.78, 5) is 30.9. The van der Waals surface area contributed by atoms with Crippen LogP contribution in [0.25, 0.3) is 16.3 Å². The van der Waals surface area contributed by atoms with E-state index in [0.717, 1.165) is 21.3 Å². The van der Waals surface area contributed by atoms with Crippen LogP contribution in [0.15, 0.2) is 77.7 Å². The van der Waals surface area contributed by atoms with Crippen molar-refractivity contribution in [1.82, 2.24) is 15.4 Å². The molecular weight excluding hydrogens is 523 g/mol. The lowest BCUT2D eigenvalue weighted by molar-refractivity contribution is -0.130. The average molecular weight is 541 g/mol. The number of anilines is 1. The molecule has 4 aromatic rings. The van der Waals surface area contributed by atoms with E-state index in [9.17, 15) is 9.59 Å². The summed E-state index contributed by atoms with van der Waals surface area (Å²) in [6.07, 6.45) is 1.79. The van der Waals surface area contributed by atoms with Crippen molar-refractivity contribution in [2.45, 2.75) is 5.37 Å². The van der Waals surface area contributed by atoms with Crippen molar-refractivity contribution in [3.05, 3.63) is 98.9 Å². The third kappa shape index (κ3) is 5.52. The highest BCUT2D eigenvalue weighted by molar-refractivity contribution is 8.04. The van der Waals surface area contributed by atoms with Gasteiger partial charge in [0, 0.05) is 10.0 Å². The number of amides is 2. The number of benzene rings is 3. The van der Waals surface area contributed by atoms with E-state index in [1.54, 1.807) is 24.3 Å². The quantitative estimate of drug-likeness (QED) is 0.278. The number of hydrazine groups is 1. The van der Waals surface area contributed by atoms with Crippen LogP contribution in [-0.4, -0.2) is 28.4 Å². The molecule has 0 saturated carbocycles. The Morgan fingerprint density at radius 2 is 1.80 bits per heavy atom. The molecule has 1 aliphatic rings. The molecule has 1 aliphatic heterocycles. The van der Waals surface area contributed by atoms with Crippen molar-refractivity contribution in [2.75, 3.05) is 11.9 Å². The Balaban J connectivity index is 1.35. The van der Waals surface area contributed by atoms with E-state index < -0.39 is 5.37 Å². The fourth-order valence-corrected chi connectivity index (χ4v) is 6.05. The Labute approximate surface area is 219 Å². The summed E-state index contributed by atoms with van der Waals surface area (Å²) < 4.78 is 0.985. The van der Waals surface area contributed by atoms with Gasteiger partial charge in [-0.1, -0.05) is 82.7 Å². The van der Waals surface area contributed by atoms with Gasteiger partial charge in [0.05, 0.1) is 21.7 Å². The number of hydrogen-bond donors (Lipinski definition) is 2. The number of nitrogens with zero attached hydrogens (tertiary/aromatic N) is 2. The summed E-state index contributed by atoms with van der Waals surface area (Å²) in [6.45, 7) is -0.107. The van der Waals surface area contributed by atoms with Crippen molar-refractivity contribution in [3.8, 4) is 0 Å². The van der Waals surface area contributed by atoms with Crippen LogP contribution in [0.4, 0.5) is 5.13 Å². The van der Waals surface area contributed by atoms with Crippen LogP contribution in [0.5, 0.6) is 0 Å². The molecule has 1 saturated heterocycles. The Kier molecular flexibility index (Phi) is 7.08. The van der Waals surface area contributed by atoms with Crippen LogP contribution in [0.2, 0.25) is 10.0 Å². The van der Waals surface area contributed by atoms with Gasteiger partial charge in [-0.15, -0.1) is 0 Å². The van der Waals surface area contributed by atoms with Gasteiger partial charge in [0.1, 0.15) is 5.37 Å². The van der Waals surface area contributed by atoms with E-state index in [0.29, 0.717) is 20.1 Å². The lowest BCUT2D eigenvalue weighted by atomic mass is 10.2. The van der Waals surface area contributed by atoms with E-state index in [2.05, 4.69) is 15.7 Å². The summed E-state index contributed by atoms with van der Waals surface area (Å²) >= 11 is 15.1. The van der Waals surface area contributed by atoms with Crippen LogP contribution in [0, 0.1) is 0 Å². The largest absolute Gasteiger partial charge is 0.301 e. The number of thioether (sulfide) groups is 1. The summed E-state index contributed by atoms with van der Waals surface area (Å²) in [7, 11) is 0.